The Kier molecular flexibility index (Phi) is 5.59. The Hall–Kier alpha value is -2.54. The van der Waals surface area contributed by atoms with Crippen LogP contribution in [0.25, 0.3) is 0 Å². The van der Waals surface area contributed by atoms with Crippen LogP contribution in [0.15, 0.2) is 36.4 Å². The monoisotopic (exact) mass is 336 g/mol. The van der Waals surface area contributed by atoms with E-state index in [-0.39, 0.29) is 5.75 Å². The zero-order valence-corrected chi connectivity index (χ0v) is 13.8. The zero-order valence-electron chi connectivity index (χ0n) is 13.0. The van der Waals surface area contributed by atoms with E-state index >= 15 is 0 Å². The molecule has 7 heteroatoms. The first-order valence-corrected chi connectivity index (χ1v) is 7.11. The number of ether oxygens (including phenoxy) is 3. The molecule has 0 bridgehead atoms. The molecule has 5 nitrogen and oxygen atoms in total. The number of benzene rings is 2. The van der Waals surface area contributed by atoms with Crippen LogP contribution in [0, 0.1) is 5.82 Å². The Balaban J connectivity index is 2.11. The van der Waals surface area contributed by atoms with Gasteiger partial charge in [-0.05, 0) is 36.5 Å². The number of methoxy groups -OCH3 is 3. The summed E-state index contributed by atoms with van der Waals surface area (Å²) in [6, 6.07) is 9.78. The van der Waals surface area contributed by atoms with Gasteiger partial charge in [-0.15, -0.1) is 0 Å². The van der Waals surface area contributed by atoms with Crippen molar-refractivity contribution in [2.24, 2.45) is 0 Å². The maximum absolute atomic E-state index is 13.7. The predicted molar refractivity (Wildman–Crippen MR) is 92.3 cm³/mol. The molecule has 0 heterocycles. The number of halogens is 1. The van der Waals surface area contributed by atoms with Crippen molar-refractivity contribution in [2.45, 2.75) is 0 Å². The van der Waals surface area contributed by atoms with Crippen molar-refractivity contribution >= 4 is 28.7 Å². The summed E-state index contributed by atoms with van der Waals surface area (Å²) in [5, 5.41) is 6.19. The Morgan fingerprint density at radius 2 is 1.61 bits per heavy atom. The highest BCUT2D eigenvalue weighted by Crippen LogP contribution is 2.29. The molecule has 0 atom stereocenters. The molecule has 0 unspecified atom stereocenters. The lowest BCUT2D eigenvalue weighted by Crippen LogP contribution is -2.19. The molecule has 0 spiro atoms. The van der Waals surface area contributed by atoms with Gasteiger partial charge in [0.25, 0.3) is 0 Å². The van der Waals surface area contributed by atoms with Crippen molar-refractivity contribution in [3.05, 3.63) is 42.2 Å². The Labute approximate surface area is 139 Å². The summed E-state index contributed by atoms with van der Waals surface area (Å²) in [5.74, 6) is 0.964. The molecule has 0 aliphatic rings. The van der Waals surface area contributed by atoms with Crippen molar-refractivity contribution in [1.82, 2.24) is 0 Å². The maximum Gasteiger partial charge on any atom is 0.175 e. The molecule has 2 aromatic rings. The van der Waals surface area contributed by atoms with Gasteiger partial charge in [0.05, 0.1) is 27.0 Å². The standard InChI is InChI=1S/C16H17FN2O3S/c1-20-11-5-7-15(22-3)13(9-11)19-16(23)18-10-4-6-14(21-2)12(17)8-10/h4-9H,1-3H3,(H2,18,19,23). The van der Waals surface area contributed by atoms with Gasteiger partial charge in [-0.3, -0.25) is 0 Å². The van der Waals surface area contributed by atoms with E-state index in [0.717, 1.165) is 0 Å². The van der Waals surface area contributed by atoms with Crippen LogP contribution >= 0.6 is 12.2 Å². The van der Waals surface area contributed by atoms with E-state index in [2.05, 4.69) is 10.6 Å². The van der Waals surface area contributed by atoms with Crippen LogP contribution in [0.4, 0.5) is 15.8 Å². The fourth-order valence-electron chi connectivity index (χ4n) is 1.94. The second kappa shape index (κ2) is 7.64. The Morgan fingerprint density at radius 1 is 0.913 bits per heavy atom. The van der Waals surface area contributed by atoms with Crippen LogP contribution in [-0.2, 0) is 0 Å². The highest BCUT2D eigenvalue weighted by Gasteiger charge is 2.08. The van der Waals surface area contributed by atoms with Crippen molar-refractivity contribution in [3.63, 3.8) is 0 Å². The molecule has 122 valence electrons. The molecule has 2 rings (SSSR count). The van der Waals surface area contributed by atoms with Crippen molar-refractivity contribution < 1.29 is 18.6 Å². The SMILES string of the molecule is COc1ccc(OC)c(NC(=S)Nc2ccc(OC)c(F)c2)c1. The van der Waals surface area contributed by atoms with Crippen LogP contribution in [0.5, 0.6) is 17.2 Å². The molecule has 2 N–H and O–H groups in total. The van der Waals surface area contributed by atoms with Gasteiger partial charge < -0.3 is 24.8 Å². The fraction of sp³-hybridized carbons (Fsp3) is 0.188. The molecule has 0 aromatic heterocycles. The molecule has 0 saturated heterocycles. The smallest absolute Gasteiger partial charge is 0.175 e. The molecular formula is C16H17FN2O3S. The van der Waals surface area contributed by atoms with Crippen LogP contribution in [0.1, 0.15) is 0 Å². The van der Waals surface area contributed by atoms with Gasteiger partial charge in [0, 0.05) is 17.8 Å². The number of thiocarbonyl (C=S) groups is 1. The quantitative estimate of drug-likeness (QED) is 0.813. The van der Waals surface area contributed by atoms with Crippen LogP contribution in [-0.4, -0.2) is 26.4 Å². The van der Waals surface area contributed by atoms with Crippen molar-refractivity contribution in [2.75, 3.05) is 32.0 Å². The fourth-order valence-corrected chi connectivity index (χ4v) is 2.17. The van der Waals surface area contributed by atoms with E-state index in [4.69, 9.17) is 26.4 Å². The molecule has 2 aromatic carbocycles. The normalized spacial score (nSPS) is 9.91. The van der Waals surface area contributed by atoms with Gasteiger partial charge in [-0.1, -0.05) is 0 Å². The highest BCUT2D eigenvalue weighted by molar-refractivity contribution is 7.80. The zero-order chi connectivity index (χ0) is 16.8. The third-order valence-corrected chi connectivity index (χ3v) is 3.27. The van der Waals surface area contributed by atoms with E-state index in [9.17, 15) is 4.39 Å². The molecule has 0 saturated carbocycles. The van der Waals surface area contributed by atoms with Gasteiger partial charge in [0.1, 0.15) is 11.5 Å². The van der Waals surface area contributed by atoms with Gasteiger partial charge in [-0.2, -0.15) is 0 Å². The Bertz CT molecular complexity index is 710. The number of rotatable bonds is 5. The number of nitrogens with one attached hydrogen (secondary N) is 2. The molecule has 0 radical (unpaired) electrons. The minimum Gasteiger partial charge on any atom is -0.497 e. The lowest BCUT2D eigenvalue weighted by atomic mass is 10.2. The minimum atomic E-state index is -0.473. The summed E-state index contributed by atoms with van der Waals surface area (Å²) >= 11 is 5.24. The summed E-state index contributed by atoms with van der Waals surface area (Å²) in [6.07, 6.45) is 0. The summed E-state index contributed by atoms with van der Waals surface area (Å²) in [6.45, 7) is 0. The van der Waals surface area contributed by atoms with Crippen molar-refractivity contribution in [3.8, 4) is 17.2 Å². The van der Waals surface area contributed by atoms with E-state index in [1.807, 2.05) is 0 Å². The van der Waals surface area contributed by atoms with Crippen LogP contribution in [0.3, 0.4) is 0 Å². The molecule has 0 aliphatic carbocycles. The van der Waals surface area contributed by atoms with Gasteiger partial charge >= 0.3 is 0 Å². The lowest BCUT2D eigenvalue weighted by molar-refractivity contribution is 0.387. The third kappa shape index (κ3) is 4.23. The van der Waals surface area contributed by atoms with Crippen LogP contribution < -0.4 is 24.8 Å². The second-order valence-corrected chi connectivity index (χ2v) is 4.90. The van der Waals surface area contributed by atoms with Gasteiger partial charge in [-0.25, -0.2) is 4.39 Å². The Morgan fingerprint density at radius 3 is 2.22 bits per heavy atom. The lowest BCUT2D eigenvalue weighted by Gasteiger charge is -2.14. The van der Waals surface area contributed by atoms with Crippen LogP contribution in [0.2, 0.25) is 0 Å². The van der Waals surface area contributed by atoms with E-state index in [0.29, 0.717) is 28.0 Å². The van der Waals surface area contributed by atoms with Gasteiger partial charge in [0.2, 0.25) is 0 Å². The van der Waals surface area contributed by atoms with E-state index in [1.54, 1.807) is 38.5 Å². The first-order valence-electron chi connectivity index (χ1n) is 6.71. The first kappa shape index (κ1) is 16.8. The molecule has 23 heavy (non-hydrogen) atoms. The largest absolute Gasteiger partial charge is 0.497 e. The van der Waals surface area contributed by atoms with E-state index < -0.39 is 5.82 Å². The van der Waals surface area contributed by atoms with Gasteiger partial charge in [0.15, 0.2) is 16.7 Å². The molecule has 0 amide bonds. The maximum atomic E-state index is 13.7. The number of hydrogen-bond donors (Lipinski definition) is 2. The third-order valence-electron chi connectivity index (χ3n) is 3.06. The summed E-state index contributed by atoms with van der Waals surface area (Å²) in [7, 11) is 4.54. The number of anilines is 2. The predicted octanol–water partition coefficient (Wildman–Crippen LogP) is 3.66. The van der Waals surface area contributed by atoms with Crippen molar-refractivity contribution in [1.29, 1.82) is 0 Å². The summed E-state index contributed by atoms with van der Waals surface area (Å²) < 4.78 is 29.0. The average Bonchev–Trinajstić information content (AvgIpc) is 2.54. The minimum absolute atomic E-state index is 0.170. The summed E-state index contributed by atoms with van der Waals surface area (Å²) in [5.41, 5.74) is 1.14. The molecule has 0 aliphatic heterocycles. The van der Waals surface area contributed by atoms with E-state index in [1.165, 1.54) is 19.2 Å². The topological polar surface area (TPSA) is 51.8 Å². The molecular weight excluding hydrogens is 319 g/mol. The second-order valence-electron chi connectivity index (χ2n) is 4.49. The average molecular weight is 336 g/mol. The number of hydrogen-bond acceptors (Lipinski definition) is 4. The first-order chi connectivity index (χ1) is 11.1. The summed E-state index contributed by atoms with van der Waals surface area (Å²) in [4.78, 5) is 0. The molecule has 0 fully saturated rings. The highest BCUT2D eigenvalue weighted by atomic mass is 32.1.